The lowest BCUT2D eigenvalue weighted by Gasteiger charge is -2.13. The van der Waals surface area contributed by atoms with E-state index in [-0.39, 0.29) is 11.9 Å². The van der Waals surface area contributed by atoms with Crippen molar-refractivity contribution < 1.29 is 9.53 Å². The summed E-state index contributed by atoms with van der Waals surface area (Å²) in [6, 6.07) is 0. The molecule has 2 heteroatoms. The molecule has 0 saturated carbocycles. The van der Waals surface area contributed by atoms with E-state index < -0.39 is 0 Å². The van der Waals surface area contributed by atoms with Crippen LogP contribution in [0, 0.1) is 0 Å². The molecule has 2 nitrogen and oxygen atoms in total. The summed E-state index contributed by atoms with van der Waals surface area (Å²) in [5.41, 5.74) is 0.936. The van der Waals surface area contributed by atoms with E-state index in [0.29, 0.717) is 6.61 Å². The lowest BCUT2D eigenvalue weighted by molar-refractivity contribution is -0.115. The second-order valence-electron chi connectivity index (χ2n) is 2.81. The number of carbonyl (C=O) groups is 1. The molecule has 0 amide bonds. The van der Waals surface area contributed by atoms with Gasteiger partial charge in [-0.3, -0.25) is 4.79 Å². The van der Waals surface area contributed by atoms with Crippen molar-refractivity contribution in [3.63, 3.8) is 0 Å². The topological polar surface area (TPSA) is 26.3 Å². The fraction of sp³-hybridized carbons (Fsp3) is 0.625. The Morgan fingerprint density at radius 1 is 1.60 bits per heavy atom. The standard InChI is InChI=1S/C8H10O2/c9-7-5-10-8-4-2-1-3-6(7)8/h3,8H,1-2,4-5H2. The van der Waals surface area contributed by atoms with Crippen LogP contribution in [0.4, 0.5) is 0 Å². The van der Waals surface area contributed by atoms with Gasteiger partial charge >= 0.3 is 0 Å². The van der Waals surface area contributed by atoms with E-state index in [0.717, 1.165) is 18.4 Å². The van der Waals surface area contributed by atoms with Crippen LogP contribution in [0.25, 0.3) is 0 Å². The molecule has 1 aliphatic carbocycles. The summed E-state index contributed by atoms with van der Waals surface area (Å²) >= 11 is 0. The van der Waals surface area contributed by atoms with Gasteiger partial charge in [0.2, 0.25) is 0 Å². The van der Waals surface area contributed by atoms with Gasteiger partial charge in [-0.05, 0) is 19.3 Å². The van der Waals surface area contributed by atoms with E-state index in [1.54, 1.807) is 0 Å². The van der Waals surface area contributed by atoms with Crippen molar-refractivity contribution in [2.45, 2.75) is 25.4 Å². The number of allylic oxidation sites excluding steroid dienone is 1. The minimum absolute atomic E-state index is 0.154. The molecular weight excluding hydrogens is 128 g/mol. The third-order valence-electron chi connectivity index (χ3n) is 2.12. The molecule has 0 aromatic heterocycles. The number of ether oxygens (including phenoxy) is 1. The molecule has 2 rings (SSSR count). The molecule has 0 spiro atoms. The van der Waals surface area contributed by atoms with Gasteiger partial charge < -0.3 is 4.74 Å². The minimum Gasteiger partial charge on any atom is -0.365 e. The summed E-state index contributed by atoms with van der Waals surface area (Å²) in [5, 5.41) is 0. The van der Waals surface area contributed by atoms with Crippen LogP contribution in [0.2, 0.25) is 0 Å². The third-order valence-corrected chi connectivity index (χ3v) is 2.12. The Labute approximate surface area is 59.9 Å². The van der Waals surface area contributed by atoms with Crippen LogP contribution in [-0.2, 0) is 9.53 Å². The average molecular weight is 138 g/mol. The second kappa shape index (κ2) is 2.20. The first kappa shape index (κ1) is 6.10. The van der Waals surface area contributed by atoms with Gasteiger partial charge in [0.05, 0.1) is 6.10 Å². The maximum atomic E-state index is 11.0. The molecule has 0 aromatic rings. The first-order valence-corrected chi connectivity index (χ1v) is 3.73. The van der Waals surface area contributed by atoms with Gasteiger partial charge in [0.15, 0.2) is 5.78 Å². The van der Waals surface area contributed by atoms with E-state index in [1.165, 1.54) is 6.42 Å². The zero-order valence-electron chi connectivity index (χ0n) is 5.80. The van der Waals surface area contributed by atoms with E-state index in [4.69, 9.17) is 4.74 Å². The number of hydrogen-bond acceptors (Lipinski definition) is 2. The first-order chi connectivity index (χ1) is 4.88. The molecular formula is C8H10O2. The minimum atomic E-state index is 0.154. The molecule has 0 N–H and O–H groups in total. The lowest BCUT2D eigenvalue weighted by Crippen LogP contribution is -2.12. The largest absolute Gasteiger partial charge is 0.365 e. The molecule has 1 fully saturated rings. The van der Waals surface area contributed by atoms with E-state index in [9.17, 15) is 4.79 Å². The number of ketones is 1. The Balaban J connectivity index is 2.27. The molecule has 1 atom stereocenters. The lowest BCUT2D eigenvalue weighted by atomic mass is 9.96. The summed E-state index contributed by atoms with van der Waals surface area (Å²) in [6.07, 6.45) is 5.45. The molecule has 1 saturated heterocycles. The fourth-order valence-corrected chi connectivity index (χ4v) is 1.57. The quantitative estimate of drug-likeness (QED) is 0.500. The zero-order valence-corrected chi connectivity index (χ0v) is 5.80. The van der Waals surface area contributed by atoms with Crippen LogP contribution in [-0.4, -0.2) is 18.5 Å². The predicted octanol–water partition coefficient (Wildman–Crippen LogP) is 1.06. The van der Waals surface area contributed by atoms with Crippen LogP contribution >= 0.6 is 0 Å². The van der Waals surface area contributed by atoms with Gasteiger partial charge in [-0.25, -0.2) is 0 Å². The number of Topliss-reactive ketones (excluding diaryl/α,β-unsaturated/α-hetero) is 1. The fourth-order valence-electron chi connectivity index (χ4n) is 1.57. The van der Waals surface area contributed by atoms with Crippen molar-refractivity contribution in [3.8, 4) is 0 Å². The highest BCUT2D eigenvalue weighted by Crippen LogP contribution is 2.26. The van der Waals surface area contributed by atoms with E-state index >= 15 is 0 Å². The van der Waals surface area contributed by atoms with Gasteiger partial charge in [0.25, 0.3) is 0 Å². The predicted molar refractivity (Wildman–Crippen MR) is 36.7 cm³/mol. The Kier molecular flexibility index (Phi) is 1.34. The van der Waals surface area contributed by atoms with Crippen molar-refractivity contribution in [2.24, 2.45) is 0 Å². The zero-order chi connectivity index (χ0) is 6.97. The molecule has 10 heavy (non-hydrogen) atoms. The molecule has 0 bridgehead atoms. The molecule has 0 aromatic carbocycles. The number of fused-ring (bicyclic) bond motifs is 1. The van der Waals surface area contributed by atoms with Crippen molar-refractivity contribution in [3.05, 3.63) is 11.6 Å². The molecule has 1 aliphatic heterocycles. The summed E-state index contributed by atoms with van der Waals surface area (Å²) in [4.78, 5) is 11.0. The Hall–Kier alpha value is -0.630. The van der Waals surface area contributed by atoms with Gasteiger partial charge in [0, 0.05) is 5.57 Å². The summed E-state index contributed by atoms with van der Waals surface area (Å²) < 4.78 is 5.25. The SMILES string of the molecule is O=C1COC2CCCC=C12. The van der Waals surface area contributed by atoms with Gasteiger partial charge in [-0.2, -0.15) is 0 Å². The monoisotopic (exact) mass is 138 g/mol. The first-order valence-electron chi connectivity index (χ1n) is 3.73. The summed E-state index contributed by atoms with van der Waals surface area (Å²) in [5.74, 6) is 0.199. The Morgan fingerprint density at radius 3 is 3.30 bits per heavy atom. The molecule has 54 valence electrons. The maximum Gasteiger partial charge on any atom is 0.186 e. The summed E-state index contributed by atoms with van der Waals surface area (Å²) in [7, 11) is 0. The van der Waals surface area contributed by atoms with Gasteiger partial charge in [-0.1, -0.05) is 6.08 Å². The van der Waals surface area contributed by atoms with Crippen LogP contribution < -0.4 is 0 Å². The third kappa shape index (κ3) is 0.797. The van der Waals surface area contributed by atoms with Gasteiger partial charge in [-0.15, -0.1) is 0 Å². The highest BCUT2D eigenvalue weighted by atomic mass is 16.5. The number of carbonyl (C=O) groups excluding carboxylic acids is 1. The Bertz CT molecular complexity index is 193. The average Bonchev–Trinajstić information content (AvgIpc) is 2.34. The van der Waals surface area contributed by atoms with E-state index in [2.05, 4.69) is 0 Å². The maximum absolute atomic E-state index is 11.0. The Morgan fingerprint density at radius 2 is 2.50 bits per heavy atom. The molecule has 1 unspecified atom stereocenters. The van der Waals surface area contributed by atoms with Crippen LogP contribution in [0.5, 0.6) is 0 Å². The highest BCUT2D eigenvalue weighted by molar-refractivity contribution is 5.99. The van der Waals surface area contributed by atoms with Crippen molar-refractivity contribution >= 4 is 5.78 Å². The van der Waals surface area contributed by atoms with Crippen LogP contribution in [0.15, 0.2) is 11.6 Å². The molecule has 2 aliphatic rings. The molecule has 0 radical (unpaired) electrons. The van der Waals surface area contributed by atoms with Crippen molar-refractivity contribution in [2.75, 3.05) is 6.61 Å². The molecule has 1 heterocycles. The van der Waals surface area contributed by atoms with Crippen molar-refractivity contribution in [1.82, 2.24) is 0 Å². The summed E-state index contributed by atoms with van der Waals surface area (Å²) in [6.45, 7) is 0.316. The smallest absolute Gasteiger partial charge is 0.186 e. The van der Waals surface area contributed by atoms with Gasteiger partial charge in [0.1, 0.15) is 6.61 Å². The van der Waals surface area contributed by atoms with Crippen LogP contribution in [0.3, 0.4) is 0 Å². The number of rotatable bonds is 0. The normalized spacial score (nSPS) is 31.8. The van der Waals surface area contributed by atoms with Crippen LogP contribution in [0.1, 0.15) is 19.3 Å². The van der Waals surface area contributed by atoms with E-state index in [1.807, 2.05) is 6.08 Å². The highest BCUT2D eigenvalue weighted by Gasteiger charge is 2.30. The van der Waals surface area contributed by atoms with Crippen molar-refractivity contribution in [1.29, 1.82) is 0 Å². The number of hydrogen-bond donors (Lipinski definition) is 0. The second-order valence-corrected chi connectivity index (χ2v) is 2.81.